The molecule has 0 unspecified atom stereocenters. The number of carbonyl (C=O) groups excluding carboxylic acids is 1. The van der Waals surface area contributed by atoms with Crippen molar-refractivity contribution < 1.29 is 19.4 Å². The van der Waals surface area contributed by atoms with Crippen molar-refractivity contribution in [3.8, 4) is 5.75 Å². The molecule has 5 nitrogen and oxygen atoms in total. The summed E-state index contributed by atoms with van der Waals surface area (Å²) >= 11 is 0. The number of carbonyl (C=O) groups is 2. The van der Waals surface area contributed by atoms with E-state index in [4.69, 9.17) is 9.84 Å². The van der Waals surface area contributed by atoms with Crippen LogP contribution in [0.25, 0.3) is 0 Å². The molecule has 1 atom stereocenters. The Kier molecular flexibility index (Phi) is 4.04. The fourth-order valence-corrected chi connectivity index (χ4v) is 2.32. The van der Waals surface area contributed by atoms with Gasteiger partial charge in [-0.2, -0.15) is 0 Å². The van der Waals surface area contributed by atoms with E-state index >= 15 is 0 Å². The normalized spacial score (nSPS) is 18.4. The average molecular weight is 263 g/mol. The minimum Gasteiger partial charge on any atom is -0.494 e. The molecule has 1 N–H and O–H groups in total. The molecule has 0 saturated carbocycles. The van der Waals surface area contributed by atoms with E-state index in [-0.39, 0.29) is 5.91 Å². The number of nitrogens with zero attached hydrogens (tertiary/aromatic N) is 1. The summed E-state index contributed by atoms with van der Waals surface area (Å²) in [6.45, 7) is 2.89. The highest BCUT2D eigenvalue weighted by Crippen LogP contribution is 2.22. The van der Waals surface area contributed by atoms with Gasteiger partial charge in [0.05, 0.1) is 6.61 Å². The molecule has 102 valence electrons. The second-order valence-electron chi connectivity index (χ2n) is 4.46. The van der Waals surface area contributed by atoms with Gasteiger partial charge in [0, 0.05) is 12.1 Å². The molecule has 1 fully saturated rings. The average Bonchev–Trinajstić information content (AvgIpc) is 2.88. The second-order valence-corrected chi connectivity index (χ2v) is 4.46. The minimum absolute atomic E-state index is 0.244. The fourth-order valence-electron chi connectivity index (χ4n) is 2.32. The summed E-state index contributed by atoms with van der Waals surface area (Å²) < 4.78 is 5.35. The van der Waals surface area contributed by atoms with Crippen molar-refractivity contribution in [1.82, 2.24) is 4.90 Å². The van der Waals surface area contributed by atoms with Crippen LogP contribution in [0.3, 0.4) is 0 Å². The number of carboxylic acids is 1. The third-order valence-electron chi connectivity index (χ3n) is 3.19. The van der Waals surface area contributed by atoms with E-state index < -0.39 is 12.0 Å². The first kappa shape index (κ1) is 13.4. The van der Waals surface area contributed by atoms with Crippen LogP contribution in [0.5, 0.6) is 5.75 Å². The number of carboxylic acid groups (broad SMARTS) is 1. The monoisotopic (exact) mass is 263 g/mol. The zero-order valence-corrected chi connectivity index (χ0v) is 10.8. The molecule has 0 bridgehead atoms. The number of hydrogen-bond donors (Lipinski definition) is 1. The van der Waals surface area contributed by atoms with Crippen molar-refractivity contribution in [3.05, 3.63) is 29.8 Å². The van der Waals surface area contributed by atoms with Crippen molar-refractivity contribution in [3.63, 3.8) is 0 Å². The van der Waals surface area contributed by atoms with E-state index in [1.54, 1.807) is 24.3 Å². The first-order chi connectivity index (χ1) is 9.13. The lowest BCUT2D eigenvalue weighted by Crippen LogP contribution is -2.40. The Hall–Kier alpha value is -2.04. The number of ether oxygens (including phenoxy) is 1. The van der Waals surface area contributed by atoms with Crippen molar-refractivity contribution in [2.45, 2.75) is 25.8 Å². The van der Waals surface area contributed by atoms with E-state index in [1.165, 1.54) is 4.90 Å². The van der Waals surface area contributed by atoms with Crippen LogP contribution < -0.4 is 4.74 Å². The Balaban J connectivity index is 2.19. The standard InChI is InChI=1S/C14H17NO4/c1-2-19-11-6-3-5-10(9-11)13(16)15-8-4-7-12(15)14(17)18/h3,5-6,9,12H,2,4,7-8H2,1H3,(H,17,18)/t12-/m0/s1. The third-order valence-corrected chi connectivity index (χ3v) is 3.19. The Morgan fingerprint density at radius 2 is 2.26 bits per heavy atom. The quantitative estimate of drug-likeness (QED) is 0.899. The van der Waals surface area contributed by atoms with Crippen LogP contribution in [0, 0.1) is 0 Å². The van der Waals surface area contributed by atoms with Gasteiger partial charge in [0.25, 0.3) is 5.91 Å². The van der Waals surface area contributed by atoms with Crippen LogP contribution in [0.4, 0.5) is 0 Å². The van der Waals surface area contributed by atoms with Gasteiger partial charge in [-0.05, 0) is 38.0 Å². The number of rotatable bonds is 4. The van der Waals surface area contributed by atoms with Gasteiger partial charge in [-0.1, -0.05) is 6.07 Å². The predicted molar refractivity (Wildman–Crippen MR) is 69.3 cm³/mol. The number of benzene rings is 1. The summed E-state index contributed by atoms with van der Waals surface area (Å²) in [5, 5.41) is 9.10. The zero-order valence-electron chi connectivity index (χ0n) is 10.8. The first-order valence-electron chi connectivity index (χ1n) is 6.40. The Labute approximate surface area is 111 Å². The Bertz CT molecular complexity index is 486. The fraction of sp³-hybridized carbons (Fsp3) is 0.429. The smallest absolute Gasteiger partial charge is 0.326 e. The molecule has 0 radical (unpaired) electrons. The summed E-state index contributed by atoms with van der Waals surface area (Å²) in [5.41, 5.74) is 0.471. The number of likely N-dealkylation sites (tertiary alicyclic amines) is 1. The molecule has 5 heteroatoms. The van der Waals surface area contributed by atoms with Crippen LogP contribution in [0.2, 0.25) is 0 Å². The highest BCUT2D eigenvalue weighted by molar-refractivity contribution is 5.97. The summed E-state index contributed by atoms with van der Waals surface area (Å²) in [5.74, 6) is -0.558. The lowest BCUT2D eigenvalue weighted by atomic mass is 10.1. The van der Waals surface area contributed by atoms with Crippen molar-refractivity contribution >= 4 is 11.9 Å². The number of aliphatic carboxylic acids is 1. The largest absolute Gasteiger partial charge is 0.494 e. The van der Waals surface area contributed by atoms with Gasteiger partial charge in [0.1, 0.15) is 11.8 Å². The molecule has 1 aliphatic rings. The molecule has 1 aromatic rings. The lowest BCUT2D eigenvalue weighted by Gasteiger charge is -2.21. The molecule has 1 saturated heterocycles. The lowest BCUT2D eigenvalue weighted by molar-refractivity contribution is -0.141. The Morgan fingerprint density at radius 1 is 1.47 bits per heavy atom. The van der Waals surface area contributed by atoms with Crippen LogP contribution in [0.15, 0.2) is 24.3 Å². The summed E-state index contributed by atoms with van der Waals surface area (Å²) in [4.78, 5) is 24.8. The number of amides is 1. The molecule has 19 heavy (non-hydrogen) atoms. The van der Waals surface area contributed by atoms with E-state index in [0.29, 0.717) is 30.9 Å². The second kappa shape index (κ2) is 5.73. The van der Waals surface area contributed by atoms with Gasteiger partial charge in [0.2, 0.25) is 0 Å². The highest BCUT2D eigenvalue weighted by Gasteiger charge is 2.34. The molecule has 0 aliphatic carbocycles. The maximum absolute atomic E-state index is 12.3. The van der Waals surface area contributed by atoms with Gasteiger partial charge < -0.3 is 14.7 Å². The van der Waals surface area contributed by atoms with Gasteiger partial charge >= 0.3 is 5.97 Å². The van der Waals surface area contributed by atoms with Crippen LogP contribution in [0.1, 0.15) is 30.1 Å². The predicted octanol–water partition coefficient (Wildman–Crippen LogP) is 1.77. The maximum atomic E-state index is 12.3. The van der Waals surface area contributed by atoms with Gasteiger partial charge in [-0.3, -0.25) is 4.79 Å². The van der Waals surface area contributed by atoms with Gasteiger partial charge in [-0.15, -0.1) is 0 Å². The molecule has 1 heterocycles. The van der Waals surface area contributed by atoms with Gasteiger partial charge in [-0.25, -0.2) is 4.79 Å². The Morgan fingerprint density at radius 3 is 2.95 bits per heavy atom. The molecule has 0 aromatic heterocycles. The van der Waals surface area contributed by atoms with E-state index in [2.05, 4.69) is 0 Å². The van der Waals surface area contributed by atoms with E-state index in [1.807, 2.05) is 6.92 Å². The van der Waals surface area contributed by atoms with Crippen molar-refractivity contribution in [2.24, 2.45) is 0 Å². The summed E-state index contributed by atoms with van der Waals surface area (Å²) in [6, 6.07) is 6.15. The third kappa shape index (κ3) is 2.86. The topological polar surface area (TPSA) is 66.8 Å². The number of hydrogen-bond acceptors (Lipinski definition) is 3. The first-order valence-corrected chi connectivity index (χ1v) is 6.40. The molecule has 1 amide bonds. The van der Waals surface area contributed by atoms with E-state index in [9.17, 15) is 9.59 Å². The molecular weight excluding hydrogens is 246 g/mol. The molecule has 0 spiro atoms. The molecule has 2 rings (SSSR count). The minimum atomic E-state index is -0.938. The molecule has 1 aromatic carbocycles. The maximum Gasteiger partial charge on any atom is 0.326 e. The van der Waals surface area contributed by atoms with Crippen molar-refractivity contribution in [2.75, 3.05) is 13.2 Å². The van der Waals surface area contributed by atoms with E-state index in [0.717, 1.165) is 6.42 Å². The summed E-state index contributed by atoms with van der Waals surface area (Å²) in [6.07, 6.45) is 1.25. The van der Waals surface area contributed by atoms with Crippen LogP contribution in [-0.2, 0) is 4.79 Å². The summed E-state index contributed by atoms with van der Waals surface area (Å²) in [7, 11) is 0. The van der Waals surface area contributed by atoms with Gasteiger partial charge in [0.15, 0.2) is 0 Å². The zero-order chi connectivity index (χ0) is 13.8. The van der Waals surface area contributed by atoms with Crippen LogP contribution in [-0.4, -0.2) is 41.1 Å². The SMILES string of the molecule is CCOc1cccc(C(=O)N2CCC[C@H]2C(=O)O)c1. The highest BCUT2D eigenvalue weighted by atomic mass is 16.5. The molecule has 1 aliphatic heterocycles. The van der Waals surface area contributed by atoms with Crippen LogP contribution >= 0.6 is 0 Å². The molecular formula is C14H17NO4. The van der Waals surface area contributed by atoms with Crippen molar-refractivity contribution in [1.29, 1.82) is 0 Å².